The van der Waals surface area contributed by atoms with Crippen LogP contribution in [-0.4, -0.2) is 12.9 Å². The summed E-state index contributed by atoms with van der Waals surface area (Å²) in [6.45, 7) is 1.60. The molecule has 0 fully saturated rings. The van der Waals surface area contributed by atoms with Crippen LogP contribution in [-0.2, 0) is 11.2 Å². The third-order valence-corrected chi connectivity index (χ3v) is 2.51. The fraction of sp³-hybridized carbons (Fsp3) is 0.250. The van der Waals surface area contributed by atoms with Crippen LogP contribution in [0.3, 0.4) is 0 Å². The Morgan fingerprint density at radius 1 is 1.43 bits per heavy atom. The summed E-state index contributed by atoms with van der Waals surface area (Å²) >= 11 is 0. The van der Waals surface area contributed by atoms with E-state index in [9.17, 15) is 4.79 Å². The van der Waals surface area contributed by atoms with E-state index in [0.29, 0.717) is 0 Å². The Morgan fingerprint density at radius 2 is 2.21 bits per heavy atom. The summed E-state index contributed by atoms with van der Waals surface area (Å²) in [5.41, 5.74) is 3.05. The van der Waals surface area contributed by atoms with Crippen molar-refractivity contribution in [3.8, 4) is 5.75 Å². The number of allylic oxidation sites excluding steroid dienone is 2. The van der Waals surface area contributed by atoms with Gasteiger partial charge in [-0.05, 0) is 36.6 Å². The van der Waals surface area contributed by atoms with Gasteiger partial charge in [-0.3, -0.25) is 4.79 Å². The number of carbonyl (C=O) groups is 1. The molecule has 1 aliphatic rings. The molecule has 72 valence electrons. The first-order chi connectivity index (χ1) is 6.72. The topological polar surface area (TPSA) is 26.3 Å². The van der Waals surface area contributed by atoms with Gasteiger partial charge in [0.15, 0.2) is 5.78 Å². The van der Waals surface area contributed by atoms with Gasteiger partial charge < -0.3 is 4.74 Å². The van der Waals surface area contributed by atoms with Crippen LogP contribution in [0.5, 0.6) is 5.75 Å². The predicted octanol–water partition coefficient (Wildman–Crippen LogP) is 2.22. The van der Waals surface area contributed by atoms with Crippen molar-refractivity contribution in [2.24, 2.45) is 0 Å². The Morgan fingerprint density at radius 3 is 2.86 bits per heavy atom. The van der Waals surface area contributed by atoms with Gasteiger partial charge in [0.25, 0.3) is 0 Å². The average molecular weight is 188 g/mol. The summed E-state index contributed by atoms with van der Waals surface area (Å²) in [7, 11) is 1.63. The zero-order valence-corrected chi connectivity index (χ0v) is 8.33. The Labute approximate surface area is 83.2 Å². The van der Waals surface area contributed by atoms with Gasteiger partial charge in [0, 0.05) is 5.57 Å². The molecule has 0 amide bonds. The fourth-order valence-corrected chi connectivity index (χ4v) is 1.77. The second-order valence-corrected chi connectivity index (χ2v) is 3.40. The standard InChI is InChI=1S/C12H12O2/c1-8(13)11-6-4-9-3-5-10(14-2)7-12(9)11/h3,5-7H,4H2,1-2H3. The van der Waals surface area contributed by atoms with Gasteiger partial charge in [0.2, 0.25) is 0 Å². The van der Waals surface area contributed by atoms with Crippen molar-refractivity contribution in [1.29, 1.82) is 0 Å². The van der Waals surface area contributed by atoms with Gasteiger partial charge in [-0.2, -0.15) is 0 Å². The largest absolute Gasteiger partial charge is 0.497 e. The number of Topliss-reactive ketones (excluding diaryl/α,β-unsaturated/α-hetero) is 1. The number of fused-ring (bicyclic) bond motifs is 1. The average Bonchev–Trinajstić information content (AvgIpc) is 2.59. The molecular weight excluding hydrogens is 176 g/mol. The Hall–Kier alpha value is -1.57. The van der Waals surface area contributed by atoms with E-state index in [1.165, 1.54) is 5.56 Å². The highest BCUT2D eigenvalue weighted by atomic mass is 16.5. The summed E-state index contributed by atoms with van der Waals surface area (Å²) in [5.74, 6) is 0.926. The van der Waals surface area contributed by atoms with E-state index in [4.69, 9.17) is 4.74 Å². The molecule has 2 rings (SSSR count). The van der Waals surface area contributed by atoms with Crippen LogP contribution >= 0.6 is 0 Å². The molecule has 0 unspecified atom stereocenters. The molecule has 0 saturated heterocycles. The van der Waals surface area contributed by atoms with Gasteiger partial charge in [-0.15, -0.1) is 0 Å². The normalized spacial score (nSPS) is 13.4. The fourth-order valence-electron chi connectivity index (χ4n) is 1.77. The zero-order chi connectivity index (χ0) is 10.1. The first-order valence-corrected chi connectivity index (χ1v) is 4.61. The van der Waals surface area contributed by atoms with Gasteiger partial charge in [-0.1, -0.05) is 12.1 Å². The van der Waals surface area contributed by atoms with Gasteiger partial charge in [-0.25, -0.2) is 0 Å². The van der Waals surface area contributed by atoms with Crippen LogP contribution < -0.4 is 4.74 Å². The number of hydrogen-bond acceptors (Lipinski definition) is 2. The molecule has 0 radical (unpaired) electrons. The highest BCUT2D eigenvalue weighted by Gasteiger charge is 2.17. The number of benzene rings is 1. The molecule has 0 spiro atoms. The number of methoxy groups -OCH3 is 1. The maximum Gasteiger partial charge on any atom is 0.160 e. The molecular formula is C12H12O2. The molecule has 1 aromatic rings. The number of ether oxygens (including phenoxy) is 1. The lowest BCUT2D eigenvalue weighted by Crippen LogP contribution is -1.94. The molecule has 0 N–H and O–H groups in total. The highest BCUT2D eigenvalue weighted by Crippen LogP contribution is 2.30. The minimum Gasteiger partial charge on any atom is -0.497 e. The van der Waals surface area contributed by atoms with Crippen LogP contribution in [0.15, 0.2) is 24.3 Å². The van der Waals surface area contributed by atoms with Crippen molar-refractivity contribution < 1.29 is 9.53 Å². The monoisotopic (exact) mass is 188 g/mol. The number of carbonyl (C=O) groups excluding carboxylic acids is 1. The molecule has 1 aromatic carbocycles. The third kappa shape index (κ3) is 1.33. The highest BCUT2D eigenvalue weighted by molar-refractivity contribution is 6.21. The molecule has 0 aromatic heterocycles. The van der Waals surface area contributed by atoms with E-state index >= 15 is 0 Å². The number of hydrogen-bond donors (Lipinski definition) is 0. The van der Waals surface area contributed by atoms with Crippen molar-refractivity contribution in [1.82, 2.24) is 0 Å². The molecule has 0 heterocycles. The predicted molar refractivity (Wildman–Crippen MR) is 55.4 cm³/mol. The molecule has 0 aliphatic heterocycles. The lowest BCUT2D eigenvalue weighted by Gasteiger charge is -2.05. The zero-order valence-electron chi connectivity index (χ0n) is 8.33. The summed E-state index contributed by atoms with van der Waals surface area (Å²) in [5, 5.41) is 0. The summed E-state index contributed by atoms with van der Waals surface area (Å²) < 4.78 is 5.13. The van der Waals surface area contributed by atoms with Gasteiger partial charge in [0.1, 0.15) is 5.75 Å². The first-order valence-electron chi connectivity index (χ1n) is 4.61. The lowest BCUT2D eigenvalue weighted by molar-refractivity contribution is -0.111. The second kappa shape index (κ2) is 3.29. The minimum atomic E-state index is 0.122. The smallest absolute Gasteiger partial charge is 0.160 e. The third-order valence-electron chi connectivity index (χ3n) is 2.51. The van der Waals surface area contributed by atoms with Crippen LogP contribution in [0, 0.1) is 0 Å². The van der Waals surface area contributed by atoms with E-state index in [1.54, 1.807) is 14.0 Å². The Bertz CT molecular complexity index is 416. The number of rotatable bonds is 2. The molecule has 0 saturated carbocycles. The maximum absolute atomic E-state index is 11.3. The quantitative estimate of drug-likeness (QED) is 0.711. The van der Waals surface area contributed by atoms with Crippen LogP contribution in [0.4, 0.5) is 0 Å². The Kier molecular flexibility index (Phi) is 2.12. The molecule has 2 nitrogen and oxygen atoms in total. The van der Waals surface area contributed by atoms with Gasteiger partial charge >= 0.3 is 0 Å². The SMILES string of the molecule is COc1ccc2c(c1)C(C(C)=O)=CC2. The number of ketones is 1. The summed E-state index contributed by atoms with van der Waals surface area (Å²) in [6.07, 6.45) is 2.83. The summed E-state index contributed by atoms with van der Waals surface area (Å²) in [4.78, 5) is 11.3. The minimum absolute atomic E-state index is 0.122. The van der Waals surface area contributed by atoms with E-state index in [0.717, 1.165) is 23.3 Å². The van der Waals surface area contributed by atoms with E-state index in [2.05, 4.69) is 0 Å². The van der Waals surface area contributed by atoms with Crippen LogP contribution in [0.25, 0.3) is 5.57 Å². The Balaban J connectivity index is 2.48. The van der Waals surface area contributed by atoms with Crippen molar-refractivity contribution in [2.45, 2.75) is 13.3 Å². The van der Waals surface area contributed by atoms with Crippen molar-refractivity contribution in [3.63, 3.8) is 0 Å². The first kappa shape index (κ1) is 9.00. The van der Waals surface area contributed by atoms with Crippen molar-refractivity contribution >= 4 is 11.4 Å². The van der Waals surface area contributed by atoms with E-state index in [-0.39, 0.29) is 5.78 Å². The molecule has 2 heteroatoms. The van der Waals surface area contributed by atoms with Crippen LogP contribution in [0.1, 0.15) is 18.1 Å². The second-order valence-electron chi connectivity index (χ2n) is 3.40. The van der Waals surface area contributed by atoms with Crippen molar-refractivity contribution in [3.05, 3.63) is 35.4 Å². The van der Waals surface area contributed by atoms with Gasteiger partial charge in [0.05, 0.1) is 7.11 Å². The summed E-state index contributed by atoms with van der Waals surface area (Å²) in [6, 6.07) is 5.87. The maximum atomic E-state index is 11.3. The molecule has 0 bridgehead atoms. The van der Waals surface area contributed by atoms with E-state index in [1.807, 2.05) is 24.3 Å². The van der Waals surface area contributed by atoms with E-state index < -0.39 is 0 Å². The lowest BCUT2D eigenvalue weighted by atomic mass is 10.0. The molecule has 0 atom stereocenters. The van der Waals surface area contributed by atoms with Crippen molar-refractivity contribution in [2.75, 3.05) is 7.11 Å². The molecule has 1 aliphatic carbocycles. The van der Waals surface area contributed by atoms with Crippen LogP contribution in [0.2, 0.25) is 0 Å². The molecule has 14 heavy (non-hydrogen) atoms.